The number of aliphatic hydroxyl groups excluding tert-OH is 1. The van der Waals surface area contributed by atoms with Crippen LogP contribution in [0.2, 0.25) is 10.0 Å². The highest BCUT2D eigenvalue weighted by molar-refractivity contribution is 6.42. The van der Waals surface area contributed by atoms with E-state index in [2.05, 4.69) is 15.2 Å². The number of amides is 1. The standard InChI is InChI=1S/C22H23Cl2FN4O3/c23-18-3-2-17(9-19(18)24)32-16-5-7-28(8-6-16)12-15(30)10-26-22(31)20-13-29-11-14(25)1-4-21(29)27-20/h1-4,9,11,13,15-16,30H,5-8,10,12H2,(H,26,31). The summed E-state index contributed by atoms with van der Waals surface area (Å²) >= 11 is 12.0. The molecular formula is C22H23Cl2FN4O3. The van der Waals surface area contributed by atoms with Crippen LogP contribution in [0.25, 0.3) is 5.65 Å². The van der Waals surface area contributed by atoms with Crippen molar-refractivity contribution in [3.05, 3.63) is 64.3 Å². The fourth-order valence-corrected chi connectivity index (χ4v) is 3.98. The molecule has 1 saturated heterocycles. The lowest BCUT2D eigenvalue weighted by Gasteiger charge is -2.33. The normalized spacial score (nSPS) is 16.2. The summed E-state index contributed by atoms with van der Waals surface area (Å²) in [6.07, 6.45) is 3.69. The largest absolute Gasteiger partial charge is 0.490 e. The van der Waals surface area contributed by atoms with Crippen LogP contribution in [0, 0.1) is 5.82 Å². The Morgan fingerprint density at radius 1 is 1.22 bits per heavy atom. The minimum atomic E-state index is -0.721. The van der Waals surface area contributed by atoms with E-state index in [4.69, 9.17) is 27.9 Å². The summed E-state index contributed by atoms with van der Waals surface area (Å²) in [6.45, 7) is 2.08. The van der Waals surface area contributed by atoms with E-state index in [0.717, 1.165) is 25.9 Å². The van der Waals surface area contributed by atoms with Crippen LogP contribution in [0.4, 0.5) is 4.39 Å². The minimum Gasteiger partial charge on any atom is -0.490 e. The molecule has 1 atom stereocenters. The quantitative estimate of drug-likeness (QED) is 0.541. The van der Waals surface area contributed by atoms with E-state index < -0.39 is 17.8 Å². The number of hydrogen-bond acceptors (Lipinski definition) is 5. The first-order chi connectivity index (χ1) is 15.4. The molecular weight excluding hydrogens is 458 g/mol. The number of likely N-dealkylation sites (tertiary alicyclic amines) is 1. The molecule has 0 aliphatic carbocycles. The number of aromatic nitrogens is 2. The Hall–Kier alpha value is -2.39. The van der Waals surface area contributed by atoms with Crippen molar-refractivity contribution in [2.45, 2.75) is 25.0 Å². The van der Waals surface area contributed by atoms with Crippen molar-refractivity contribution < 1.29 is 19.0 Å². The van der Waals surface area contributed by atoms with Gasteiger partial charge in [0.25, 0.3) is 5.91 Å². The van der Waals surface area contributed by atoms with Gasteiger partial charge in [-0.05, 0) is 37.1 Å². The fraction of sp³-hybridized carbons (Fsp3) is 0.364. The number of imidazole rings is 1. The van der Waals surface area contributed by atoms with E-state index in [1.165, 1.54) is 28.9 Å². The predicted molar refractivity (Wildman–Crippen MR) is 120 cm³/mol. The molecule has 1 aliphatic heterocycles. The molecule has 1 fully saturated rings. The molecule has 32 heavy (non-hydrogen) atoms. The van der Waals surface area contributed by atoms with Gasteiger partial charge < -0.3 is 24.5 Å². The number of nitrogens with one attached hydrogen (secondary N) is 1. The smallest absolute Gasteiger partial charge is 0.271 e. The van der Waals surface area contributed by atoms with Gasteiger partial charge in [-0.15, -0.1) is 0 Å². The van der Waals surface area contributed by atoms with Crippen molar-refractivity contribution in [3.8, 4) is 5.75 Å². The van der Waals surface area contributed by atoms with Gasteiger partial charge in [0.1, 0.15) is 29.0 Å². The number of pyridine rings is 1. The van der Waals surface area contributed by atoms with Gasteiger partial charge in [0.05, 0.1) is 16.1 Å². The molecule has 10 heteroatoms. The van der Waals surface area contributed by atoms with Crippen molar-refractivity contribution in [2.75, 3.05) is 26.2 Å². The lowest BCUT2D eigenvalue weighted by atomic mass is 10.1. The second kappa shape index (κ2) is 10.0. The minimum absolute atomic E-state index is 0.0697. The number of carbonyl (C=O) groups is 1. The number of aliphatic hydroxyl groups is 1. The average molecular weight is 481 g/mol. The molecule has 0 radical (unpaired) electrons. The number of fused-ring (bicyclic) bond motifs is 1. The monoisotopic (exact) mass is 480 g/mol. The number of benzene rings is 1. The van der Waals surface area contributed by atoms with Crippen LogP contribution in [0.15, 0.2) is 42.7 Å². The second-order valence-electron chi connectivity index (χ2n) is 7.80. The first kappa shape index (κ1) is 22.8. The Morgan fingerprint density at radius 3 is 2.75 bits per heavy atom. The molecule has 0 spiro atoms. The Bertz CT molecular complexity index is 1100. The molecule has 3 aromatic rings. The van der Waals surface area contributed by atoms with Crippen molar-refractivity contribution in [2.24, 2.45) is 0 Å². The number of halogens is 3. The first-order valence-electron chi connectivity index (χ1n) is 10.3. The lowest BCUT2D eigenvalue weighted by Crippen LogP contribution is -2.45. The third-order valence-corrected chi connectivity index (χ3v) is 6.08. The highest BCUT2D eigenvalue weighted by Gasteiger charge is 2.23. The summed E-state index contributed by atoms with van der Waals surface area (Å²) in [4.78, 5) is 18.6. The Morgan fingerprint density at radius 2 is 2.00 bits per heavy atom. The van der Waals surface area contributed by atoms with Gasteiger partial charge in [0, 0.05) is 44.6 Å². The predicted octanol–water partition coefficient (Wildman–Crippen LogP) is 3.41. The van der Waals surface area contributed by atoms with Crippen LogP contribution in [0.5, 0.6) is 5.75 Å². The summed E-state index contributed by atoms with van der Waals surface area (Å²) in [5.74, 6) is -0.138. The molecule has 170 valence electrons. The van der Waals surface area contributed by atoms with Gasteiger partial charge >= 0.3 is 0 Å². The maximum absolute atomic E-state index is 13.3. The molecule has 2 aromatic heterocycles. The molecule has 7 nitrogen and oxygen atoms in total. The number of β-amino-alcohol motifs (C(OH)–C–C–N with tert-alkyl or cyclic N) is 1. The summed E-state index contributed by atoms with van der Waals surface area (Å²) in [7, 11) is 0. The number of nitrogens with zero attached hydrogens (tertiary/aromatic N) is 3. The maximum Gasteiger partial charge on any atom is 0.271 e. The van der Waals surface area contributed by atoms with Crippen LogP contribution in [0.1, 0.15) is 23.3 Å². The van der Waals surface area contributed by atoms with Gasteiger partial charge in [-0.25, -0.2) is 9.37 Å². The Labute approximate surface area is 194 Å². The average Bonchev–Trinajstić information content (AvgIpc) is 3.19. The Balaban J connectivity index is 1.20. The number of hydrogen-bond donors (Lipinski definition) is 2. The fourth-order valence-electron chi connectivity index (χ4n) is 3.69. The molecule has 1 unspecified atom stereocenters. The second-order valence-corrected chi connectivity index (χ2v) is 8.61. The summed E-state index contributed by atoms with van der Waals surface area (Å²) in [5, 5.41) is 14.0. The van der Waals surface area contributed by atoms with Crippen LogP contribution < -0.4 is 10.1 Å². The van der Waals surface area contributed by atoms with Crippen molar-refractivity contribution in [3.63, 3.8) is 0 Å². The molecule has 3 heterocycles. The Kier molecular flexibility index (Phi) is 7.15. The van der Waals surface area contributed by atoms with Crippen LogP contribution in [-0.4, -0.2) is 63.7 Å². The van der Waals surface area contributed by atoms with E-state index in [1.54, 1.807) is 18.2 Å². The first-order valence-corrected chi connectivity index (χ1v) is 11.1. The van der Waals surface area contributed by atoms with E-state index in [0.29, 0.717) is 28.0 Å². The van der Waals surface area contributed by atoms with Crippen molar-refractivity contribution in [1.29, 1.82) is 0 Å². The van der Waals surface area contributed by atoms with E-state index in [1.807, 2.05) is 0 Å². The molecule has 0 saturated carbocycles. The van der Waals surface area contributed by atoms with E-state index in [9.17, 15) is 14.3 Å². The highest BCUT2D eigenvalue weighted by atomic mass is 35.5. The zero-order valence-corrected chi connectivity index (χ0v) is 18.7. The maximum atomic E-state index is 13.3. The zero-order valence-electron chi connectivity index (χ0n) is 17.2. The van der Waals surface area contributed by atoms with Gasteiger partial charge in [-0.3, -0.25) is 4.79 Å². The number of ether oxygens (including phenoxy) is 1. The molecule has 1 aliphatic rings. The van der Waals surface area contributed by atoms with Crippen molar-refractivity contribution in [1.82, 2.24) is 19.6 Å². The third kappa shape index (κ3) is 5.69. The van der Waals surface area contributed by atoms with Gasteiger partial charge in [0.2, 0.25) is 0 Å². The van der Waals surface area contributed by atoms with Gasteiger partial charge in [-0.2, -0.15) is 0 Å². The van der Waals surface area contributed by atoms with E-state index >= 15 is 0 Å². The van der Waals surface area contributed by atoms with Gasteiger partial charge in [-0.1, -0.05) is 23.2 Å². The molecule has 0 bridgehead atoms. The molecule has 1 aromatic carbocycles. The van der Waals surface area contributed by atoms with Crippen LogP contribution >= 0.6 is 23.2 Å². The highest BCUT2D eigenvalue weighted by Crippen LogP contribution is 2.28. The summed E-state index contributed by atoms with van der Waals surface area (Å²) < 4.78 is 20.7. The topological polar surface area (TPSA) is 79.1 Å². The van der Waals surface area contributed by atoms with E-state index in [-0.39, 0.29) is 18.3 Å². The number of rotatable bonds is 7. The number of carbonyl (C=O) groups excluding carboxylic acids is 1. The number of piperidine rings is 1. The van der Waals surface area contributed by atoms with Crippen LogP contribution in [0.3, 0.4) is 0 Å². The van der Waals surface area contributed by atoms with Gasteiger partial charge in [0.15, 0.2) is 0 Å². The summed E-state index contributed by atoms with van der Waals surface area (Å²) in [5.41, 5.74) is 0.645. The zero-order chi connectivity index (χ0) is 22.7. The van der Waals surface area contributed by atoms with Crippen LogP contribution in [-0.2, 0) is 0 Å². The molecule has 2 N–H and O–H groups in total. The molecule has 1 amide bonds. The third-order valence-electron chi connectivity index (χ3n) is 5.34. The van der Waals surface area contributed by atoms with Crippen molar-refractivity contribution >= 4 is 34.8 Å². The summed E-state index contributed by atoms with van der Waals surface area (Å²) in [6, 6.07) is 8.00. The lowest BCUT2D eigenvalue weighted by molar-refractivity contribution is 0.0593. The molecule has 4 rings (SSSR count). The SMILES string of the molecule is O=C(NCC(O)CN1CCC(Oc2ccc(Cl)c(Cl)c2)CC1)c1cn2cc(F)ccc2n1.